The largest absolute Gasteiger partial charge is 0.396 e. The lowest BCUT2D eigenvalue weighted by atomic mass is 10.1. The summed E-state index contributed by atoms with van der Waals surface area (Å²) in [6.07, 6.45) is 2.67. The molecular weight excluding hydrogens is 248 g/mol. The number of benzene rings is 2. The Hall–Kier alpha value is -1.64. The van der Waals surface area contributed by atoms with Crippen molar-refractivity contribution in [3.8, 4) is 0 Å². The van der Waals surface area contributed by atoms with Crippen molar-refractivity contribution in [3.63, 3.8) is 0 Å². The maximum atomic E-state index is 9.15. The third-order valence-electron chi connectivity index (χ3n) is 3.33. The molecule has 20 heavy (non-hydrogen) atoms. The fraction of sp³-hybridized carbons (Fsp3) is 0.333. The third kappa shape index (κ3) is 4.80. The minimum atomic E-state index is -0.00280. The molecule has 0 heterocycles. The van der Waals surface area contributed by atoms with Crippen molar-refractivity contribution in [1.29, 1.82) is 0 Å². The third-order valence-corrected chi connectivity index (χ3v) is 3.33. The molecule has 2 aromatic carbocycles. The summed E-state index contributed by atoms with van der Waals surface area (Å²) in [5.41, 5.74) is 2.48. The molecule has 0 fully saturated rings. The van der Waals surface area contributed by atoms with E-state index in [1.54, 1.807) is 0 Å². The predicted molar refractivity (Wildman–Crippen MR) is 81.6 cm³/mol. The lowest BCUT2D eigenvalue weighted by Gasteiger charge is -2.17. The van der Waals surface area contributed by atoms with Crippen LogP contribution in [-0.4, -0.2) is 18.3 Å². The Morgan fingerprint density at radius 1 is 0.900 bits per heavy atom. The van der Waals surface area contributed by atoms with Gasteiger partial charge < -0.3 is 9.84 Å². The van der Waals surface area contributed by atoms with E-state index in [4.69, 9.17) is 9.84 Å². The molecule has 2 aromatic rings. The molecule has 1 unspecified atom stereocenters. The Morgan fingerprint density at radius 3 is 2.20 bits per heavy atom. The predicted octanol–water partition coefficient (Wildman–Crippen LogP) is 3.76. The van der Waals surface area contributed by atoms with E-state index in [0.717, 1.165) is 18.4 Å². The van der Waals surface area contributed by atoms with Gasteiger partial charge in [-0.3, -0.25) is 0 Å². The Morgan fingerprint density at radius 2 is 1.55 bits per heavy atom. The molecule has 0 saturated heterocycles. The molecule has 2 nitrogen and oxygen atoms in total. The summed E-state index contributed by atoms with van der Waals surface area (Å²) >= 11 is 0. The lowest BCUT2D eigenvalue weighted by Crippen LogP contribution is -2.08. The van der Waals surface area contributed by atoms with E-state index in [1.807, 2.05) is 24.3 Å². The number of hydrogen-bond acceptors (Lipinski definition) is 2. The van der Waals surface area contributed by atoms with E-state index in [2.05, 4.69) is 36.4 Å². The molecule has 0 spiro atoms. The van der Waals surface area contributed by atoms with Gasteiger partial charge in [0.05, 0.1) is 6.10 Å². The molecular formula is C18H22O2. The topological polar surface area (TPSA) is 29.5 Å². The summed E-state index contributed by atoms with van der Waals surface area (Å²) in [5.74, 6) is 0. The van der Waals surface area contributed by atoms with E-state index in [-0.39, 0.29) is 12.7 Å². The zero-order valence-electron chi connectivity index (χ0n) is 11.7. The molecule has 0 aliphatic rings. The van der Waals surface area contributed by atoms with Crippen LogP contribution in [0.1, 0.15) is 30.1 Å². The van der Waals surface area contributed by atoms with Gasteiger partial charge in [-0.15, -0.1) is 0 Å². The van der Waals surface area contributed by atoms with Crippen LogP contribution in [0.15, 0.2) is 60.7 Å². The molecule has 0 saturated carbocycles. The van der Waals surface area contributed by atoms with Crippen LogP contribution in [0.5, 0.6) is 0 Å². The molecule has 0 amide bonds. The highest BCUT2D eigenvalue weighted by Gasteiger charge is 2.10. The number of aliphatic hydroxyl groups excluding tert-OH is 1. The van der Waals surface area contributed by atoms with Gasteiger partial charge in [-0.1, -0.05) is 60.7 Å². The van der Waals surface area contributed by atoms with Gasteiger partial charge in [0, 0.05) is 19.6 Å². The van der Waals surface area contributed by atoms with Gasteiger partial charge in [0.1, 0.15) is 0 Å². The molecule has 1 atom stereocenters. The van der Waals surface area contributed by atoms with Crippen molar-refractivity contribution in [2.24, 2.45) is 0 Å². The van der Waals surface area contributed by atoms with Crippen LogP contribution < -0.4 is 0 Å². The molecule has 2 heteroatoms. The van der Waals surface area contributed by atoms with Crippen LogP contribution in [0.2, 0.25) is 0 Å². The summed E-state index contributed by atoms with van der Waals surface area (Å²) in [6.45, 7) is 0.868. The summed E-state index contributed by atoms with van der Waals surface area (Å²) in [6, 6.07) is 20.6. The van der Waals surface area contributed by atoms with Gasteiger partial charge in [0.2, 0.25) is 0 Å². The number of ether oxygens (including phenoxy) is 1. The zero-order valence-corrected chi connectivity index (χ0v) is 11.7. The Labute approximate surface area is 121 Å². The van der Waals surface area contributed by atoms with Crippen LogP contribution in [0, 0.1) is 0 Å². The van der Waals surface area contributed by atoms with Gasteiger partial charge in [0.15, 0.2) is 0 Å². The molecule has 1 N–H and O–H groups in total. The second-order valence-electron chi connectivity index (χ2n) is 4.87. The Kier molecular flexibility index (Phi) is 6.28. The standard InChI is InChI=1S/C18H22O2/c19-14-13-18(17-11-5-2-6-12-17)20-15-7-10-16-8-3-1-4-9-16/h1-6,8-9,11-12,18-19H,7,10,13-15H2. The van der Waals surface area contributed by atoms with Crippen molar-refractivity contribution in [3.05, 3.63) is 71.8 Å². The van der Waals surface area contributed by atoms with Crippen molar-refractivity contribution in [1.82, 2.24) is 0 Å². The lowest BCUT2D eigenvalue weighted by molar-refractivity contribution is 0.0334. The summed E-state index contributed by atoms with van der Waals surface area (Å²) < 4.78 is 5.93. The fourth-order valence-corrected chi connectivity index (χ4v) is 2.28. The number of hydrogen-bond donors (Lipinski definition) is 1. The van der Waals surface area contributed by atoms with E-state index < -0.39 is 0 Å². The molecule has 0 aliphatic carbocycles. The first kappa shape index (κ1) is 14.8. The normalized spacial score (nSPS) is 12.2. The molecule has 0 aliphatic heterocycles. The highest BCUT2D eigenvalue weighted by atomic mass is 16.5. The van der Waals surface area contributed by atoms with Crippen LogP contribution in [0.3, 0.4) is 0 Å². The SMILES string of the molecule is OCCC(OCCCc1ccccc1)c1ccccc1. The van der Waals surface area contributed by atoms with Crippen LogP contribution >= 0.6 is 0 Å². The maximum absolute atomic E-state index is 9.15. The first-order valence-electron chi connectivity index (χ1n) is 7.21. The van der Waals surface area contributed by atoms with Crippen LogP contribution in [0.4, 0.5) is 0 Å². The van der Waals surface area contributed by atoms with Gasteiger partial charge in [0.25, 0.3) is 0 Å². The summed E-state index contributed by atoms with van der Waals surface area (Å²) in [4.78, 5) is 0. The van der Waals surface area contributed by atoms with E-state index >= 15 is 0 Å². The second kappa shape index (κ2) is 8.51. The van der Waals surface area contributed by atoms with Gasteiger partial charge in [-0.05, 0) is 24.0 Å². The van der Waals surface area contributed by atoms with Crippen molar-refractivity contribution in [2.75, 3.05) is 13.2 Å². The maximum Gasteiger partial charge on any atom is 0.0846 e. The molecule has 106 valence electrons. The number of aliphatic hydroxyl groups is 1. The first-order valence-corrected chi connectivity index (χ1v) is 7.21. The quantitative estimate of drug-likeness (QED) is 0.740. The Balaban J connectivity index is 1.78. The first-order chi connectivity index (χ1) is 9.90. The Bertz CT molecular complexity index is 467. The van der Waals surface area contributed by atoms with Crippen molar-refractivity contribution >= 4 is 0 Å². The zero-order chi connectivity index (χ0) is 14.0. The molecule has 0 aromatic heterocycles. The van der Waals surface area contributed by atoms with E-state index in [9.17, 15) is 0 Å². The average Bonchev–Trinajstić information content (AvgIpc) is 2.52. The monoisotopic (exact) mass is 270 g/mol. The highest BCUT2D eigenvalue weighted by Crippen LogP contribution is 2.21. The second-order valence-corrected chi connectivity index (χ2v) is 4.87. The van der Waals surface area contributed by atoms with E-state index in [0.29, 0.717) is 13.0 Å². The highest BCUT2D eigenvalue weighted by molar-refractivity contribution is 5.17. The summed E-state index contributed by atoms with van der Waals surface area (Å²) in [7, 11) is 0. The van der Waals surface area contributed by atoms with Gasteiger partial charge in [-0.2, -0.15) is 0 Å². The van der Waals surface area contributed by atoms with Crippen molar-refractivity contribution < 1.29 is 9.84 Å². The average molecular weight is 270 g/mol. The molecule has 0 radical (unpaired) electrons. The van der Waals surface area contributed by atoms with Crippen LogP contribution in [-0.2, 0) is 11.2 Å². The fourth-order valence-electron chi connectivity index (χ4n) is 2.28. The van der Waals surface area contributed by atoms with Gasteiger partial charge >= 0.3 is 0 Å². The van der Waals surface area contributed by atoms with E-state index in [1.165, 1.54) is 5.56 Å². The van der Waals surface area contributed by atoms with Gasteiger partial charge in [-0.25, -0.2) is 0 Å². The minimum absolute atomic E-state index is 0.00280. The van der Waals surface area contributed by atoms with Crippen molar-refractivity contribution in [2.45, 2.75) is 25.4 Å². The number of aryl methyl sites for hydroxylation is 1. The molecule has 2 rings (SSSR count). The van der Waals surface area contributed by atoms with Crippen LogP contribution in [0.25, 0.3) is 0 Å². The minimum Gasteiger partial charge on any atom is -0.396 e. The molecule has 0 bridgehead atoms. The number of rotatable bonds is 8. The summed E-state index contributed by atoms with van der Waals surface area (Å²) in [5, 5.41) is 9.15. The smallest absolute Gasteiger partial charge is 0.0846 e.